The molecule has 0 N–H and O–H groups in total. The average Bonchev–Trinajstić information content (AvgIpc) is 3.18. The van der Waals surface area contributed by atoms with Crippen molar-refractivity contribution in [1.29, 1.82) is 0 Å². The minimum Gasteiger partial charge on any atom is -0.348 e. The zero-order valence-electron chi connectivity index (χ0n) is 14.3. The molecule has 142 valence electrons. The number of nitrogens with zero attached hydrogens (tertiary/aromatic N) is 5. The van der Waals surface area contributed by atoms with Crippen molar-refractivity contribution in [3.8, 4) is 0 Å². The van der Waals surface area contributed by atoms with E-state index in [4.69, 9.17) is 11.6 Å². The summed E-state index contributed by atoms with van der Waals surface area (Å²) in [5.41, 5.74) is 0.423. The molecule has 1 aliphatic heterocycles. The van der Waals surface area contributed by atoms with Crippen LogP contribution in [0.25, 0.3) is 0 Å². The first kappa shape index (κ1) is 19.1. The molecular weight excluding hydrogens is 402 g/mol. The van der Waals surface area contributed by atoms with Crippen LogP contribution < -0.4 is 4.90 Å². The van der Waals surface area contributed by atoms with Crippen molar-refractivity contribution < 1.29 is 13.3 Å². The standard InChI is InChI=1S/C14H18ClN5O4S2/c1-3-10-13(20(21)22)14(17(2)16-10)18-6-8-19(9-7-18)26(23,24)12-5-4-11(15)25-12/h4-5H,3,6-9H2,1-2H3. The fourth-order valence-corrected chi connectivity index (χ4v) is 6.10. The molecule has 1 aliphatic rings. The molecule has 0 spiro atoms. The molecule has 3 heterocycles. The van der Waals surface area contributed by atoms with Gasteiger partial charge in [0.2, 0.25) is 5.82 Å². The Labute approximate surface area is 160 Å². The molecule has 0 amide bonds. The lowest BCUT2D eigenvalue weighted by Crippen LogP contribution is -2.49. The summed E-state index contributed by atoms with van der Waals surface area (Å²) in [6.07, 6.45) is 0.456. The molecule has 1 fully saturated rings. The number of anilines is 1. The Hall–Kier alpha value is -1.69. The van der Waals surface area contributed by atoms with Gasteiger partial charge in [0.05, 0.1) is 9.26 Å². The Morgan fingerprint density at radius 2 is 1.96 bits per heavy atom. The highest BCUT2D eigenvalue weighted by Gasteiger charge is 2.34. The minimum absolute atomic E-state index is 0.00338. The van der Waals surface area contributed by atoms with Gasteiger partial charge in [-0.05, 0) is 18.6 Å². The van der Waals surface area contributed by atoms with Gasteiger partial charge in [0, 0.05) is 33.2 Å². The molecule has 26 heavy (non-hydrogen) atoms. The number of halogens is 1. The first-order chi connectivity index (χ1) is 12.3. The highest BCUT2D eigenvalue weighted by molar-refractivity contribution is 7.91. The summed E-state index contributed by atoms with van der Waals surface area (Å²) in [7, 11) is -1.93. The van der Waals surface area contributed by atoms with Gasteiger partial charge < -0.3 is 4.90 Å². The first-order valence-electron chi connectivity index (χ1n) is 7.96. The van der Waals surface area contributed by atoms with Gasteiger partial charge in [-0.25, -0.2) is 13.1 Å². The van der Waals surface area contributed by atoms with Crippen molar-refractivity contribution in [3.63, 3.8) is 0 Å². The van der Waals surface area contributed by atoms with Gasteiger partial charge in [-0.15, -0.1) is 11.3 Å². The zero-order chi connectivity index (χ0) is 19.1. The molecular formula is C14H18ClN5O4S2. The third-order valence-corrected chi connectivity index (χ3v) is 7.86. The summed E-state index contributed by atoms with van der Waals surface area (Å²) in [5, 5.41) is 15.7. The highest BCUT2D eigenvalue weighted by atomic mass is 35.5. The van der Waals surface area contributed by atoms with Crippen LogP contribution in [0.5, 0.6) is 0 Å². The second-order valence-corrected chi connectivity index (χ2v) is 9.68. The van der Waals surface area contributed by atoms with Crippen LogP contribution in [0.15, 0.2) is 16.3 Å². The highest BCUT2D eigenvalue weighted by Crippen LogP contribution is 2.33. The maximum absolute atomic E-state index is 12.7. The first-order valence-corrected chi connectivity index (χ1v) is 10.6. The van der Waals surface area contributed by atoms with E-state index in [1.807, 2.05) is 11.8 Å². The molecule has 2 aromatic rings. The molecule has 3 rings (SSSR count). The number of thiophene rings is 1. The number of rotatable bonds is 5. The van der Waals surface area contributed by atoms with Gasteiger partial charge in [-0.2, -0.15) is 9.40 Å². The molecule has 2 aromatic heterocycles. The van der Waals surface area contributed by atoms with Gasteiger partial charge in [-0.1, -0.05) is 18.5 Å². The number of aryl methyl sites for hydroxylation is 2. The third kappa shape index (κ3) is 3.31. The van der Waals surface area contributed by atoms with E-state index in [1.54, 1.807) is 13.1 Å². The van der Waals surface area contributed by atoms with E-state index in [0.29, 0.717) is 35.4 Å². The lowest BCUT2D eigenvalue weighted by atomic mass is 10.2. The second-order valence-electron chi connectivity index (χ2n) is 5.80. The van der Waals surface area contributed by atoms with Crippen molar-refractivity contribution in [2.45, 2.75) is 17.6 Å². The summed E-state index contributed by atoms with van der Waals surface area (Å²) in [6, 6.07) is 3.05. The van der Waals surface area contributed by atoms with E-state index in [2.05, 4.69) is 5.10 Å². The van der Waals surface area contributed by atoms with Gasteiger partial charge >= 0.3 is 5.69 Å². The summed E-state index contributed by atoms with van der Waals surface area (Å²) in [6.45, 7) is 2.99. The van der Waals surface area contributed by atoms with E-state index < -0.39 is 14.9 Å². The Balaban J connectivity index is 1.81. The molecule has 0 unspecified atom stereocenters. The summed E-state index contributed by atoms with van der Waals surface area (Å²) in [4.78, 5) is 12.9. The van der Waals surface area contributed by atoms with Crippen molar-refractivity contribution in [2.24, 2.45) is 7.05 Å². The van der Waals surface area contributed by atoms with Crippen molar-refractivity contribution in [1.82, 2.24) is 14.1 Å². The van der Waals surface area contributed by atoms with Crippen molar-refractivity contribution in [3.05, 3.63) is 32.3 Å². The SMILES string of the molecule is CCc1nn(C)c(N2CCN(S(=O)(=O)c3ccc(Cl)s3)CC2)c1[N+](=O)[O-]. The van der Waals surface area contributed by atoms with Crippen LogP contribution in [0.2, 0.25) is 4.34 Å². The average molecular weight is 420 g/mol. The number of hydrogen-bond donors (Lipinski definition) is 0. The fraction of sp³-hybridized carbons (Fsp3) is 0.500. The summed E-state index contributed by atoms with van der Waals surface area (Å²) < 4.78 is 28.8. The van der Waals surface area contributed by atoms with Crippen LogP contribution in [0.3, 0.4) is 0 Å². The molecule has 0 atom stereocenters. The lowest BCUT2D eigenvalue weighted by molar-refractivity contribution is -0.384. The number of nitro groups is 1. The van der Waals surface area contributed by atoms with Gasteiger partial charge in [0.25, 0.3) is 10.0 Å². The van der Waals surface area contributed by atoms with Crippen LogP contribution in [0, 0.1) is 10.1 Å². The normalized spacial score (nSPS) is 16.2. The van der Waals surface area contributed by atoms with Crippen LogP contribution >= 0.6 is 22.9 Å². The molecule has 0 aliphatic carbocycles. The quantitative estimate of drug-likeness (QED) is 0.543. The molecule has 0 bridgehead atoms. The molecule has 12 heteroatoms. The lowest BCUT2D eigenvalue weighted by Gasteiger charge is -2.34. The molecule has 9 nitrogen and oxygen atoms in total. The van der Waals surface area contributed by atoms with E-state index >= 15 is 0 Å². The molecule has 1 saturated heterocycles. The number of piperazine rings is 1. The van der Waals surface area contributed by atoms with Crippen molar-refractivity contribution >= 4 is 44.5 Å². The molecule has 0 saturated carbocycles. The van der Waals surface area contributed by atoms with E-state index in [-0.39, 0.29) is 23.0 Å². The van der Waals surface area contributed by atoms with E-state index in [1.165, 1.54) is 15.1 Å². The molecule has 0 aromatic carbocycles. The van der Waals surface area contributed by atoms with E-state index in [9.17, 15) is 18.5 Å². The van der Waals surface area contributed by atoms with Crippen LogP contribution in [0.4, 0.5) is 11.5 Å². The Bertz CT molecular complexity index is 931. The second kappa shape index (κ2) is 7.14. The summed E-state index contributed by atoms with van der Waals surface area (Å²) in [5.74, 6) is 0.420. The maximum atomic E-state index is 12.7. The number of aromatic nitrogens is 2. The Kier molecular flexibility index (Phi) is 5.24. The van der Waals surface area contributed by atoms with Crippen LogP contribution in [-0.2, 0) is 23.5 Å². The summed E-state index contributed by atoms with van der Waals surface area (Å²) >= 11 is 6.86. The predicted octanol–water partition coefficient (Wildman–Crippen LogP) is 2.12. The topological polar surface area (TPSA) is 102 Å². The number of hydrogen-bond acceptors (Lipinski definition) is 7. The van der Waals surface area contributed by atoms with Crippen LogP contribution in [-0.4, -0.2) is 53.6 Å². The number of sulfonamides is 1. The van der Waals surface area contributed by atoms with Gasteiger partial charge in [-0.3, -0.25) is 10.1 Å². The maximum Gasteiger partial charge on any atom is 0.334 e. The van der Waals surface area contributed by atoms with Gasteiger partial charge in [0.15, 0.2) is 0 Å². The fourth-order valence-electron chi connectivity index (χ4n) is 3.04. The Morgan fingerprint density at radius 1 is 1.31 bits per heavy atom. The third-order valence-electron chi connectivity index (χ3n) is 4.26. The smallest absolute Gasteiger partial charge is 0.334 e. The zero-order valence-corrected chi connectivity index (χ0v) is 16.6. The van der Waals surface area contributed by atoms with Crippen molar-refractivity contribution in [2.75, 3.05) is 31.1 Å². The minimum atomic E-state index is -3.60. The monoisotopic (exact) mass is 419 g/mol. The van der Waals surface area contributed by atoms with Gasteiger partial charge in [0.1, 0.15) is 9.90 Å². The molecule has 0 radical (unpaired) electrons. The van der Waals surface area contributed by atoms with Crippen LogP contribution in [0.1, 0.15) is 12.6 Å². The predicted molar refractivity (Wildman–Crippen MR) is 99.5 cm³/mol. The Morgan fingerprint density at radius 3 is 2.46 bits per heavy atom. The van der Waals surface area contributed by atoms with E-state index in [0.717, 1.165) is 11.3 Å². The largest absolute Gasteiger partial charge is 0.348 e.